The van der Waals surface area contributed by atoms with Crippen LogP contribution in [0.3, 0.4) is 0 Å². The highest BCUT2D eigenvalue weighted by Gasteiger charge is 2.43. The van der Waals surface area contributed by atoms with Crippen molar-refractivity contribution in [3.05, 3.63) is 84.9 Å². The van der Waals surface area contributed by atoms with Gasteiger partial charge in [-0.2, -0.15) is 12.9 Å². The van der Waals surface area contributed by atoms with Gasteiger partial charge in [0.1, 0.15) is 6.04 Å². The van der Waals surface area contributed by atoms with Crippen LogP contribution in [-0.2, 0) is 34.9 Å². The maximum atomic E-state index is 13.6. The molecule has 42 heavy (non-hydrogen) atoms. The number of sulfonamides is 3. The Hall–Kier alpha value is -3.14. The lowest BCUT2D eigenvalue weighted by atomic mass is 10.2. The first-order chi connectivity index (χ1) is 20.0. The van der Waals surface area contributed by atoms with E-state index in [2.05, 4.69) is 5.32 Å². The van der Waals surface area contributed by atoms with Crippen molar-refractivity contribution in [1.29, 1.82) is 0 Å². The summed E-state index contributed by atoms with van der Waals surface area (Å²) in [6.07, 6.45) is 2.58. The number of nitrogens with one attached hydrogen (secondary N) is 1. The monoisotopic (exact) mass is 632 g/mol. The first kappa shape index (κ1) is 30.3. The van der Waals surface area contributed by atoms with E-state index in [1.807, 2.05) is 0 Å². The molecule has 1 N–H and O–H groups in total. The second-order valence-electron chi connectivity index (χ2n) is 10.1. The SMILES string of the molecule is O=C(Nc1ccc(S(=O)(=O)N2CCCCC2)cc1)[C@@H]1CN(S(=O)(=O)c2ccccc2)CCN1S(=O)(=O)c1ccccc1. The normalized spacial score (nSPS) is 19.8. The lowest BCUT2D eigenvalue weighted by molar-refractivity contribution is -0.120. The van der Waals surface area contributed by atoms with Crippen LogP contribution < -0.4 is 5.32 Å². The summed E-state index contributed by atoms with van der Waals surface area (Å²) in [7, 11) is -11.8. The molecule has 2 aliphatic rings. The van der Waals surface area contributed by atoms with Crippen LogP contribution in [0.2, 0.25) is 0 Å². The predicted octanol–water partition coefficient (Wildman–Crippen LogP) is 2.56. The van der Waals surface area contributed by atoms with Gasteiger partial charge in [0, 0.05) is 38.4 Å². The van der Waals surface area contributed by atoms with E-state index in [-0.39, 0.29) is 33.5 Å². The van der Waals surface area contributed by atoms with Crippen LogP contribution in [0.15, 0.2) is 99.6 Å². The third kappa shape index (κ3) is 6.14. The van der Waals surface area contributed by atoms with Crippen LogP contribution in [0.4, 0.5) is 5.69 Å². The smallest absolute Gasteiger partial charge is 0.244 e. The third-order valence-electron chi connectivity index (χ3n) is 7.40. The summed E-state index contributed by atoms with van der Waals surface area (Å²) in [4.78, 5) is 13.7. The molecule has 224 valence electrons. The molecule has 0 bridgehead atoms. The molecule has 0 unspecified atom stereocenters. The minimum absolute atomic E-state index is 0.0190. The lowest BCUT2D eigenvalue weighted by Gasteiger charge is -2.38. The Kier molecular flexibility index (Phi) is 8.83. The zero-order chi connectivity index (χ0) is 30.0. The molecule has 14 heteroatoms. The maximum absolute atomic E-state index is 13.6. The standard InChI is InChI=1S/C28H32N4O7S3/c33-28(29-23-14-16-26(17-15-23)40(34,35)30-18-8-3-9-19-30)27-22-31(41(36,37)24-10-4-1-5-11-24)20-21-32(27)42(38,39)25-12-6-2-7-13-25/h1-2,4-7,10-17,27H,3,8-9,18-22H2,(H,29,33)/t27-/m0/s1. The van der Waals surface area contributed by atoms with Gasteiger partial charge in [-0.05, 0) is 61.4 Å². The van der Waals surface area contributed by atoms with E-state index in [0.29, 0.717) is 13.1 Å². The summed E-state index contributed by atoms with van der Waals surface area (Å²) in [6, 6.07) is 19.6. The Labute approximate surface area is 246 Å². The summed E-state index contributed by atoms with van der Waals surface area (Å²) in [5, 5.41) is 2.66. The van der Waals surface area contributed by atoms with Crippen molar-refractivity contribution in [2.45, 2.75) is 40.0 Å². The molecule has 2 heterocycles. The number of hydrogen-bond donors (Lipinski definition) is 1. The molecule has 1 atom stereocenters. The van der Waals surface area contributed by atoms with Crippen molar-refractivity contribution < 1.29 is 30.0 Å². The van der Waals surface area contributed by atoms with Crippen LogP contribution in [-0.4, -0.2) is 82.8 Å². The predicted molar refractivity (Wildman–Crippen MR) is 157 cm³/mol. The molecule has 0 spiro atoms. The molecule has 2 aliphatic heterocycles. The van der Waals surface area contributed by atoms with Crippen LogP contribution in [0, 0.1) is 0 Å². The summed E-state index contributed by atoms with van der Waals surface area (Å²) in [5.74, 6) is -0.742. The van der Waals surface area contributed by atoms with Gasteiger partial charge in [0.15, 0.2) is 0 Å². The minimum atomic E-state index is -4.15. The van der Waals surface area contributed by atoms with Crippen molar-refractivity contribution in [1.82, 2.24) is 12.9 Å². The fraction of sp³-hybridized carbons (Fsp3) is 0.321. The van der Waals surface area contributed by atoms with E-state index >= 15 is 0 Å². The Morgan fingerprint density at radius 1 is 0.571 bits per heavy atom. The van der Waals surface area contributed by atoms with Crippen molar-refractivity contribution >= 4 is 41.7 Å². The molecule has 1 amide bonds. The van der Waals surface area contributed by atoms with Crippen molar-refractivity contribution in [3.8, 4) is 0 Å². The number of piperazine rings is 1. The summed E-state index contributed by atoms with van der Waals surface area (Å²) >= 11 is 0. The van der Waals surface area contributed by atoms with Gasteiger partial charge in [-0.15, -0.1) is 0 Å². The zero-order valence-electron chi connectivity index (χ0n) is 22.7. The summed E-state index contributed by atoms with van der Waals surface area (Å²) < 4.78 is 83.5. The number of benzene rings is 3. The maximum Gasteiger partial charge on any atom is 0.244 e. The van der Waals surface area contributed by atoms with E-state index < -0.39 is 48.6 Å². The number of amides is 1. The van der Waals surface area contributed by atoms with Gasteiger partial charge in [-0.25, -0.2) is 25.3 Å². The second kappa shape index (κ2) is 12.2. The van der Waals surface area contributed by atoms with E-state index in [9.17, 15) is 30.0 Å². The molecule has 0 saturated carbocycles. The van der Waals surface area contributed by atoms with Crippen LogP contribution in [0.5, 0.6) is 0 Å². The first-order valence-electron chi connectivity index (χ1n) is 13.5. The van der Waals surface area contributed by atoms with E-state index in [0.717, 1.165) is 27.9 Å². The minimum Gasteiger partial charge on any atom is -0.325 e. The molecule has 2 saturated heterocycles. The van der Waals surface area contributed by atoms with Gasteiger partial charge in [0.2, 0.25) is 36.0 Å². The highest BCUT2D eigenvalue weighted by molar-refractivity contribution is 7.90. The number of anilines is 1. The zero-order valence-corrected chi connectivity index (χ0v) is 25.2. The Balaban J connectivity index is 1.41. The topological polar surface area (TPSA) is 141 Å². The van der Waals surface area contributed by atoms with Crippen molar-refractivity contribution in [2.75, 3.05) is 38.0 Å². The average Bonchev–Trinajstić information content (AvgIpc) is 3.02. The number of carbonyl (C=O) groups is 1. The largest absolute Gasteiger partial charge is 0.325 e. The van der Waals surface area contributed by atoms with Crippen molar-refractivity contribution in [2.24, 2.45) is 0 Å². The molecule has 0 radical (unpaired) electrons. The fourth-order valence-electron chi connectivity index (χ4n) is 5.12. The first-order valence-corrected chi connectivity index (χ1v) is 17.9. The lowest BCUT2D eigenvalue weighted by Crippen LogP contribution is -2.60. The highest BCUT2D eigenvalue weighted by Crippen LogP contribution is 2.27. The highest BCUT2D eigenvalue weighted by atomic mass is 32.2. The van der Waals surface area contributed by atoms with E-state index in [1.54, 1.807) is 36.4 Å². The van der Waals surface area contributed by atoms with Gasteiger partial charge in [0.05, 0.1) is 14.7 Å². The Morgan fingerprint density at radius 3 is 1.64 bits per heavy atom. The van der Waals surface area contributed by atoms with Gasteiger partial charge >= 0.3 is 0 Å². The molecule has 3 aromatic carbocycles. The van der Waals surface area contributed by atoms with E-state index in [4.69, 9.17) is 0 Å². The van der Waals surface area contributed by atoms with Gasteiger partial charge < -0.3 is 5.32 Å². The molecule has 0 aliphatic carbocycles. The second-order valence-corrected chi connectivity index (χ2v) is 15.9. The number of piperidine rings is 1. The summed E-state index contributed by atoms with van der Waals surface area (Å²) in [6.45, 7) is 0.119. The number of nitrogens with zero attached hydrogens (tertiary/aromatic N) is 3. The molecular weight excluding hydrogens is 601 g/mol. The van der Waals surface area contributed by atoms with Gasteiger partial charge in [-0.1, -0.05) is 42.8 Å². The van der Waals surface area contributed by atoms with Crippen LogP contribution in [0.25, 0.3) is 0 Å². The van der Waals surface area contributed by atoms with E-state index in [1.165, 1.54) is 52.8 Å². The molecular formula is C28H32N4O7S3. The van der Waals surface area contributed by atoms with Gasteiger partial charge in [0.25, 0.3) is 0 Å². The van der Waals surface area contributed by atoms with Crippen molar-refractivity contribution in [3.63, 3.8) is 0 Å². The molecule has 3 aromatic rings. The fourth-order valence-corrected chi connectivity index (χ4v) is 9.69. The molecule has 11 nitrogen and oxygen atoms in total. The number of carbonyl (C=O) groups excluding carboxylic acids is 1. The van der Waals surface area contributed by atoms with Crippen LogP contribution in [0.1, 0.15) is 19.3 Å². The van der Waals surface area contributed by atoms with Gasteiger partial charge in [-0.3, -0.25) is 4.79 Å². The molecule has 2 fully saturated rings. The summed E-state index contributed by atoms with van der Waals surface area (Å²) in [5.41, 5.74) is 0.248. The Morgan fingerprint density at radius 2 is 1.07 bits per heavy atom. The molecule has 0 aromatic heterocycles. The number of rotatable bonds is 8. The Bertz CT molecular complexity index is 1730. The average molecular weight is 633 g/mol. The third-order valence-corrected chi connectivity index (χ3v) is 13.1. The number of hydrogen-bond acceptors (Lipinski definition) is 7. The quantitative estimate of drug-likeness (QED) is 0.402. The molecule has 5 rings (SSSR count). The van der Waals surface area contributed by atoms with Crippen LogP contribution >= 0.6 is 0 Å².